The number of carbonyl (C=O) groups is 2. The zero-order chi connectivity index (χ0) is 15.9. The van der Waals surface area contributed by atoms with E-state index < -0.39 is 18.0 Å². The van der Waals surface area contributed by atoms with Crippen LogP contribution in [-0.2, 0) is 19.1 Å². The zero-order valence-corrected chi connectivity index (χ0v) is 13.5. The first-order valence-electron chi connectivity index (χ1n) is 7.02. The normalized spacial score (nSPS) is 11.5. The van der Waals surface area contributed by atoms with Crippen molar-refractivity contribution in [1.29, 1.82) is 0 Å². The number of unbranched alkanes of at least 4 members (excludes halogenated alkanes) is 3. The summed E-state index contributed by atoms with van der Waals surface area (Å²) in [7, 11) is 0. The lowest BCUT2D eigenvalue weighted by Crippen LogP contribution is -2.24. The second kappa shape index (κ2) is 13.7. The summed E-state index contributed by atoms with van der Waals surface area (Å²) in [5, 5.41) is 0. The first-order valence-corrected chi connectivity index (χ1v) is 8.24. The molecule has 0 radical (unpaired) electrons. The Morgan fingerprint density at radius 2 is 1.81 bits per heavy atom. The average molecular weight is 315 g/mol. The van der Waals surface area contributed by atoms with Crippen LogP contribution in [0.25, 0.3) is 0 Å². The van der Waals surface area contributed by atoms with Crippen molar-refractivity contribution in [2.24, 2.45) is 0 Å². The van der Waals surface area contributed by atoms with Gasteiger partial charge >= 0.3 is 11.9 Å². The van der Waals surface area contributed by atoms with Gasteiger partial charge in [-0.05, 0) is 25.5 Å². The number of esters is 2. The summed E-state index contributed by atoms with van der Waals surface area (Å²) >= 11 is 1.62. The number of carbonyl (C=O) groups excluding carboxylic acids is 2. The molecule has 0 amide bonds. The summed E-state index contributed by atoms with van der Waals surface area (Å²) in [6.07, 6.45) is 8.63. The van der Waals surface area contributed by atoms with Crippen LogP contribution in [0.2, 0.25) is 0 Å². The van der Waals surface area contributed by atoms with E-state index in [-0.39, 0.29) is 6.61 Å². The summed E-state index contributed by atoms with van der Waals surface area (Å²) in [5.41, 5.74) is 0. The Kier molecular flexibility index (Phi) is 12.9. The van der Waals surface area contributed by atoms with Crippen molar-refractivity contribution < 1.29 is 19.1 Å². The number of hydrogen-bond acceptors (Lipinski definition) is 6. The van der Waals surface area contributed by atoms with Gasteiger partial charge in [-0.2, -0.15) is 0 Å². The summed E-state index contributed by atoms with van der Waals surface area (Å²) in [5.74, 6) is -1.02. The molecule has 0 aromatic carbocycles. The quantitative estimate of drug-likeness (QED) is 0.244. The van der Waals surface area contributed by atoms with E-state index in [1.807, 2.05) is 6.26 Å². The molecule has 0 rings (SSSR count). The molecule has 1 N–H and O–H groups in total. The van der Waals surface area contributed by atoms with Gasteiger partial charge in [0.15, 0.2) is 0 Å². The van der Waals surface area contributed by atoms with Gasteiger partial charge in [0.1, 0.15) is 12.7 Å². The number of rotatable bonds is 13. The standard InChI is InChI=1S/C15H25NO4S/c1-4-14(17)19-12-13(20-15(18)5-2)10-8-6-7-9-11-16-21-3/h4-5,13,16H,1-2,6-12H2,3H3. The third-order valence-corrected chi connectivity index (χ3v) is 3.22. The van der Waals surface area contributed by atoms with E-state index in [0.29, 0.717) is 6.42 Å². The highest BCUT2D eigenvalue weighted by atomic mass is 32.2. The molecular formula is C15H25NO4S. The van der Waals surface area contributed by atoms with Crippen LogP contribution in [0.4, 0.5) is 0 Å². The fourth-order valence-electron chi connectivity index (χ4n) is 1.65. The highest BCUT2D eigenvalue weighted by Gasteiger charge is 2.14. The Hall–Kier alpha value is -1.27. The van der Waals surface area contributed by atoms with E-state index in [9.17, 15) is 9.59 Å². The van der Waals surface area contributed by atoms with E-state index in [4.69, 9.17) is 9.47 Å². The average Bonchev–Trinajstić information content (AvgIpc) is 2.50. The van der Waals surface area contributed by atoms with E-state index >= 15 is 0 Å². The minimum absolute atomic E-state index is 0.0540. The minimum atomic E-state index is -0.516. The summed E-state index contributed by atoms with van der Waals surface area (Å²) in [4.78, 5) is 22.3. The van der Waals surface area contributed by atoms with Gasteiger partial charge in [-0.15, -0.1) is 0 Å². The Morgan fingerprint density at radius 1 is 1.14 bits per heavy atom. The topological polar surface area (TPSA) is 64.6 Å². The smallest absolute Gasteiger partial charge is 0.330 e. The highest BCUT2D eigenvalue weighted by Crippen LogP contribution is 2.10. The van der Waals surface area contributed by atoms with Gasteiger partial charge < -0.3 is 9.47 Å². The van der Waals surface area contributed by atoms with Gasteiger partial charge in [-0.1, -0.05) is 37.9 Å². The predicted molar refractivity (Wildman–Crippen MR) is 85.8 cm³/mol. The molecule has 0 aliphatic carbocycles. The molecule has 5 nitrogen and oxygen atoms in total. The van der Waals surface area contributed by atoms with Crippen LogP contribution in [0.15, 0.2) is 25.3 Å². The zero-order valence-electron chi connectivity index (χ0n) is 12.6. The third-order valence-electron chi connectivity index (χ3n) is 2.73. The molecule has 0 spiro atoms. The van der Waals surface area contributed by atoms with Crippen LogP contribution < -0.4 is 4.72 Å². The molecule has 1 unspecified atom stereocenters. The fraction of sp³-hybridized carbons (Fsp3) is 0.600. The first kappa shape index (κ1) is 19.7. The molecule has 0 saturated carbocycles. The molecule has 0 aliphatic heterocycles. The van der Waals surface area contributed by atoms with E-state index in [1.165, 1.54) is 0 Å². The van der Waals surface area contributed by atoms with Gasteiger partial charge in [0.05, 0.1) is 0 Å². The molecule has 0 bridgehead atoms. The highest BCUT2D eigenvalue weighted by molar-refractivity contribution is 7.96. The minimum Gasteiger partial charge on any atom is -0.459 e. The molecule has 120 valence electrons. The molecular weight excluding hydrogens is 290 g/mol. The van der Waals surface area contributed by atoms with Crippen LogP contribution in [0.1, 0.15) is 32.1 Å². The molecule has 21 heavy (non-hydrogen) atoms. The molecule has 1 atom stereocenters. The lowest BCUT2D eigenvalue weighted by Gasteiger charge is -2.16. The van der Waals surface area contributed by atoms with Crippen molar-refractivity contribution >= 4 is 23.9 Å². The molecule has 0 aliphatic rings. The van der Waals surface area contributed by atoms with Crippen LogP contribution in [0.5, 0.6) is 0 Å². The van der Waals surface area contributed by atoms with Gasteiger partial charge in [-0.25, -0.2) is 9.59 Å². The van der Waals surface area contributed by atoms with E-state index in [1.54, 1.807) is 11.9 Å². The molecule has 0 heterocycles. The summed E-state index contributed by atoms with van der Waals surface area (Å²) in [6.45, 7) is 7.72. The van der Waals surface area contributed by atoms with Crippen LogP contribution in [0.3, 0.4) is 0 Å². The molecule has 0 aromatic rings. The molecule has 0 aromatic heterocycles. The number of hydrogen-bond donors (Lipinski definition) is 1. The van der Waals surface area contributed by atoms with E-state index in [2.05, 4.69) is 17.9 Å². The van der Waals surface area contributed by atoms with Crippen molar-refractivity contribution in [3.05, 3.63) is 25.3 Å². The second-order valence-electron chi connectivity index (χ2n) is 4.40. The molecule has 6 heteroatoms. The van der Waals surface area contributed by atoms with Gasteiger partial charge in [-0.3, -0.25) is 4.72 Å². The van der Waals surface area contributed by atoms with Gasteiger partial charge in [0.25, 0.3) is 0 Å². The van der Waals surface area contributed by atoms with Crippen molar-refractivity contribution in [3.63, 3.8) is 0 Å². The third kappa shape index (κ3) is 12.2. The van der Waals surface area contributed by atoms with Crippen molar-refractivity contribution in [1.82, 2.24) is 4.72 Å². The Labute approximate surface area is 131 Å². The van der Waals surface area contributed by atoms with Crippen molar-refractivity contribution in [2.75, 3.05) is 19.4 Å². The molecule has 0 saturated heterocycles. The Bertz CT molecular complexity index is 334. The maximum absolute atomic E-state index is 11.2. The molecule has 0 fully saturated rings. The van der Waals surface area contributed by atoms with Gasteiger partial charge in [0, 0.05) is 18.7 Å². The van der Waals surface area contributed by atoms with Crippen LogP contribution >= 0.6 is 11.9 Å². The van der Waals surface area contributed by atoms with Crippen LogP contribution in [-0.4, -0.2) is 37.4 Å². The van der Waals surface area contributed by atoms with Crippen molar-refractivity contribution in [2.45, 2.75) is 38.2 Å². The Morgan fingerprint density at radius 3 is 2.43 bits per heavy atom. The summed E-state index contributed by atoms with van der Waals surface area (Å²) in [6, 6.07) is 0. The maximum atomic E-state index is 11.2. The second-order valence-corrected chi connectivity index (χ2v) is 5.10. The SMILES string of the molecule is C=CC(=O)OCC(CCCCCCNSC)OC(=O)C=C. The lowest BCUT2D eigenvalue weighted by atomic mass is 10.1. The summed E-state index contributed by atoms with van der Waals surface area (Å²) < 4.78 is 13.3. The largest absolute Gasteiger partial charge is 0.459 e. The van der Waals surface area contributed by atoms with Gasteiger partial charge in [0.2, 0.25) is 0 Å². The Balaban J connectivity index is 3.92. The predicted octanol–water partition coefficient (Wildman–Crippen LogP) is 2.63. The monoisotopic (exact) mass is 315 g/mol. The number of ether oxygens (including phenoxy) is 2. The fourth-order valence-corrected chi connectivity index (χ4v) is 2.00. The van der Waals surface area contributed by atoms with Crippen molar-refractivity contribution in [3.8, 4) is 0 Å². The first-order chi connectivity index (χ1) is 10.1. The van der Waals surface area contributed by atoms with Crippen LogP contribution in [0, 0.1) is 0 Å². The maximum Gasteiger partial charge on any atom is 0.330 e. The lowest BCUT2D eigenvalue weighted by molar-refractivity contribution is -0.153. The number of nitrogens with one attached hydrogen (secondary N) is 1. The van der Waals surface area contributed by atoms with E-state index in [0.717, 1.165) is 44.4 Å².